The molecule has 0 fully saturated rings. The van der Waals surface area contributed by atoms with Crippen LogP contribution >= 0.6 is 0 Å². The second kappa shape index (κ2) is 5.06. The molecule has 2 nitrogen and oxygen atoms in total. The molecule has 0 unspecified atom stereocenters. The van der Waals surface area contributed by atoms with E-state index < -0.39 is 0 Å². The van der Waals surface area contributed by atoms with Crippen LogP contribution in [0.4, 0.5) is 11.4 Å². The van der Waals surface area contributed by atoms with Crippen molar-refractivity contribution in [2.45, 2.75) is 39.7 Å². The van der Waals surface area contributed by atoms with Crippen LogP contribution in [0, 0.1) is 6.92 Å². The molecule has 1 aromatic rings. The highest BCUT2D eigenvalue weighted by molar-refractivity contribution is 5.59. The van der Waals surface area contributed by atoms with Crippen molar-refractivity contribution in [3.8, 4) is 0 Å². The van der Waals surface area contributed by atoms with E-state index in [1.807, 2.05) is 12.1 Å². The maximum atomic E-state index is 5.75. The van der Waals surface area contributed by atoms with Crippen molar-refractivity contribution in [2.75, 3.05) is 17.7 Å². The quantitative estimate of drug-likeness (QED) is 0.766. The zero-order chi connectivity index (χ0) is 11.4. The molecule has 0 aliphatic carbocycles. The van der Waals surface area contributed by atoms with Gasteiger partial charge in [0.1, 0.15) is 0 Å². The van der Waals surface area contributed by atoms with E-state index in [1.54, 1.807) is 0 Å². The van der Waals surface area contributed by atoms with Crippen LogP contribution < -0.4 is 10.6 Å². The first kappa shape index (κ1) is 11.9. The SMILES string of the molecule is CCC(CC)N(C)c1ccc(N)cc1C. The highest BCUT2D eigenvalue weighted by atomic mass is 15.1. The maximum Gasteiger partial charge on any atom is 0.0397 e. The fourth-order valence-corrected chi connectivity index (χ4v) is 2.11. The second-order valence-electron chi connectivity index (χ2n) is 4.13. The van der Waals surface area contributed by atoms with Crippen molar-refractivity contribution < 1.29 is 0 Å². The number of hydrogen-bond donors (Lipinski definition) is 1. The normalized spacial score (nSPS) is 10.7. The van der Waals surface area contributed by atoms with E-state index >= 15 is 0 Å². The fourth-order valence-electron chi connectivity index (χ4n) is 2.11. The first-order valence-electron chi connectivity index (χ1n) is 5.69. The highest BCUT2D eigenvalue weighted by Gasteiger charge is 2.12. The number of aryl methyl sites for hydroxylation is 1. The maximum absolute atomic E-state index is 5.75. The van der Waals surface area contributed by atoms with Crippen molar-refractivity contribution in [1.29, 1.82) is 0 Å². The first-order valence-corrected chi connectivity index (χ1v) is 5.69. The van der Waals surface area contributed by atoms with Gasteiger partial charge in [-0.2, -0.15) is 0 Å². The molecule has 1 aromatic carbocycles. The van der Waals surface area contributed by atoms with Crippen molar-refractivity contribution in [3.63, 3.8) is 0 Å². The molecule has 2 heteroatoms. The second-order valence-corrected chi connectivity index (χ2v) is 4.13. The molecule has 2 N–H and O–H groups in total. The zero-order valence-corrected chi connectivity index (χ0v) is 10.2. The molecule has 0 aromatic heterocycles. The number of hydrogen-bond acceptors (Lipinski definition) is 2. The predicted octanol–water partition coefficient (Wildman–Crippen LogP) is 3.20. The number of rotatable bonds is 4. The molecule has 15 heavy (non-hydrogen) atoms. The Bertz CT molecular complexity index is 316. The van der Waals surface area contributed by atoms with Crippen LogP contribution in [0.15, 0.2) is 18.2 Å². The van der Waals surface area contributed by atoms with Gasteiger partial charge in [-0.25, -0.2) is 0 Å². The van der Waals surface area contributed by atoms with E-state index in [4.69, 9.17) is 5.73 Å². The van der Waals surface area contributed by atoms with E-state index in [0.29, 0.717) is 6.04 Å². The molecule has 0 bridgehead atoms. The Balaban J connectivity index is 2.94. The smallest absolute Gasteiger partial charge is 0.0397 e. The molecule has 0 amide bonds. The summed E-state index contributed by atoms with van der Waals surface area (Å²) in [6.45, 7) is 6.58. The van der Waals surface area contributed by atoms with Gasteiger partial charge in [0.25, 0.3) is 0 Å². The van der Waals surface area contributed by atoms with Crippen LogP contribution in [0.5, 0.6) is 0 Å². The summed E-state index contributed by atoms with van der Waals surface area (Å²) in [7, 11) is 2.16. The summed E-state index contributed by atoms with van der Waals surface area (Å²) in [4.78, 5) is 2.36. The lowest BCUT2D eigenvalue weighted by molar-refractivity contribution is 0.591. The zero-order valence-electron chi connectivity index (χ0n) is 10.2. The van der Waals surface area contributed by atoms with Gasteiger partial charge < -0.3 is 10.6 Å². The van der Waals surface area contributed by atoms with Crippen LogP contribution in [0.1, 0.15) is 32.3 Å². The minimum atomic E-state index is 0.618. The summed E-state index contributed by atoms with van der Waals surface area (Å²) < 4.78 is 0. The van der Waals surface area contributed by atoms with Crippen LogP contribution in [0.25, 0.3) is 0 Å². The van der Waals surface area contributed by atoms with E-state index in [9.17, 15) is 0 Å². The summed E-state index contributed by atoms with van der Waals surface area (Å²) in [6, 6.07) is 6.74. The molecular weight excluding hydrogens is 184 g/mol. The molecule has 0 aliphatic rings. The highest BCUT2D eigenvalue weighted by Crippen LogP contribution is 2.24. The Morgan fingerprint density at radius 2 is 1.87 bits per heavy atom. The van der Waals surface area contributed by atoms with Gasteiger partial charge in [-0.1, -0.05) is 13.8 Å². The molecule has 0 aliphatic heterocycles. The molecule has 0 saturated heterocycles. The average molecular weight is 206 g/mol. The van der Waals surface area contributed by atoms with Crippen LogP contribution in [0.3, 0.4) is 0 Å². The van der Waals surface area contributed by atoms with Crippen LogP contribution in [-0.2, 0) is 0 Å². The molecule has 84 valence electrons. The van der Waals surface area contributed by atoms with Gasteiger partial charge in [0.05, 0.1) is 0 Å². The Morgan fingerprint density at radius 1 is 1.27 bits per heavy atom. The summed E-state index contributed by atoms with van der Waals surface area (Å²) in [6.07, 6.45) is 2.35. The monoisotopic (exact) mass is 206 g/mol. The molecule has 0 saturated carbocycles. The largest absolute Gasteiger partial charge is 0.399 e. The number of benzene rings is 1. The third-order valence-corrected chi connectivity index (χ3v) is 3.09. The molecule has 0 spiro atoms. The minimum Gasteiger partial charge on any atom is -0.399 e. The Morgan fingerprint density at radius 3 is 2.33 bits per heavy atom. The number of nitrogens with zero attached hydrogens (tertiary/aromatic N) is 1. The lowest BCUT2D eigenvalue weighted by Gasteiger charge is -2.29. The third-order valence-electron chi connectivity index (χ3n) is 3.09. The van der Waals surface area contributed by atoms with Gasteiger partial charge in [-0.15, -0.1) is 0 Å². The Hall–Kier alpha value is -1.18. The topological polar surface area (TPSA) is 29.3 Å². The van der Waals surface area contributed by atoms with E-state index in [0.717, 1.165) is 5.69 Å². The molecule has 0 atom stereocenters. The van der Waals surface area contributed by atoms with Crippen molar-refractivity contribution >= 4 is 11.4 Å². The van der Waals surface area contributed by atoms with E-state index in [-0.39, 0.29) is 0 Å². The van der Waals surface area contributed by atoms with Crippen LogP contribution in [0.2, 0.25) is 0 Å². The van der Waals surface area contributed by atoms with Crippen molar-refractivity contribution in [2.24, 2.45) is 0 Å². The molecular formula is C13H22N2. The first-order chi connectivity index (χ1) is 7.10. The molecule has 0 heterocycles. The molecule has 0 radical (unpaired) electrons. The predicted molar refractivity (Wildman–Crippen MR) is 68.4 cm³/mol. The Labute approximate surface area is 93.1 Å². The summed E-state index contributed by atoms with van der Waals surface area (Å²) in [5, 5.41) is 0. The fraction of sp³-hybridized carbons (Fsp3) is 0.538. The number of nitrogen functional groups attached to an aromatic ring is 1. The van der Waals surface area contributed by atoms with E-state index in [2.05, 4.69) is 38.8 Å². The lowest BCUT2D eigenvalue weighted by Crippen LogP contribution is -2.30. The summed E-state index contributed by atoms with van der Waals surface area (Å²) >= 11 is 0. The minimum absolute atomic E-state index is 0.618. The van der Waals surface area contributed by atoms with Gasteiger partial charge in [-0.3, -0.25) is 0 Å². The third kappa shape index (κ3) is 2.65. The Kier molecular flexibility index (Phi) is 4.01. The van der Waals surface area contributed by atoms with Gasteiger partial charge in [0.15, 0.2) is 0 Å². The van der Waals surface area contributed by atoms with Gasteiger partial charge >= 0.3 is 0 Å². The van der Waals surface area contributed by atoms with Crippen molar-refractivity contribution in [1.82, 2.24) is 0 Å². The van der Waals surface area contributed by atoms with Gasteiger partial charge in [0.2, 0.25) is 0 Å². The average Bonchev–Trinajstić information content (AvgIpc) is 2.19. The summed E-state index contributed by atoms with van der Waals surface area (Å²) in [5.41, 5.74) is 9.14. The van der Waals surface area contributed by atoms with Crippen LogP contribution in [-0.4, -0.2) is 13.1 Å². The summed E-state index contributed by atoms with van der Waals surface area (Å²) in [5.74, 6) is 0. The number of anilines is 2. The lowest BCUT2D eigenvalue weighted by atomic mass is 10.1. The standard InChI is InChI=1S/C13H22N2/c1-5-12(6-2)15(4)13-8-7-11(14)9-10(13)3/h7-9,12H,5-6,14H2,1-4H3. The van der Waals surface area contributed by atoms with Gasteiger partial charge in [0, 0.05) is 24.5 Å². The number of nitrogens with two attached hydrogens (primary N) is 1. The van der Waals surface area contributed by atoms with Crippen molar-refractivity contribution in [3.05, 3.63) is 23.8 Å². The van der Waals surface area contributed by atoms with Gasteiger partial charge in [-0.05, 0) is 43.5 Å². The van der Waals surface area contributed by atoms with E-state index in [1.165, 1.54) is 24.1 Å². The molecule has 1 rings (SSSR count).